The van der Waals surface area contributed by atoms with Gasteiger partial charge in [0.2, 0.25) is 5.91 Å². The fraction of sp³-hybridized carbons (Fsp3) is 0.412. The Bertz CT molecular complexity index is 630. The summed E-state index contributed by atoms with van der Waals surface area (Å²) >= 11 is 5.95. The molecule has 1 aromatic rings. The lowest BCUT2D eigenvalue weighted by molar-refractivity contribution is -0.147. The molecule has 4 nitrogen and oxygen atoms in total. The molecule has 0 saturated heterocycles. The number of aliphatic hydroxyl groups is 1. The summed E-state index contributed by atoms with van der Waals surface area (Å²) in [6.45, 7) is 0.152. The molecule has 116 valence electrons. The second kappa shape index (κ2) is 5.76. The van der Waals surface area contributed by atoms with Gasteiger partial charge in [-0.1, -0.05) is 43.0 Å². The van der Waals surface area contributed by atoms with E-state index in [0.717, 1.165) is 42.6 Å². The lowest BCUT2D eigenvalue weighted by atomic mass is 9.68. The van der Waals surface area contributed by atoms with E-state index in [9.17, 15) is 14.7 Å². The highest BCUT2D eigenvalue weighted by Gasteiger charge is 2.46. The molecule has 2 amide bonds. The molecule has 0 atom stereocenters. The minimum atomic E-state index is -0.684. The summed E-state index contributed by atoms with van der Waals surface area (Å²) in [6, 6.07) is 7.31. The minimum absolute atomic E-state index is 0.152. The van der Waals surface area contributed by atoms with Crippen LogP contribution >= 0.6 is 11.6 Å². The number of hydrogen-bond acceptors (Lipinski definition) is 3. The molecular weight excluding hydrogens is 302 g/mol. The van der Waals surface area contributed by atoms with Gasteiger partial charge in [-0.2, -0.15) is 0 Å². The number of halogens is 1. The molecule has 1 aliphatic heterocycles. The van der Waals surface area contributed by atoms with Crippen molar-refractivity contribution in [3.8, 4) is 0 Å². The molecule has 1 aromatic carbocycles. The first kappa shape index (κ1) is 15.1. The van der Waals surface area contributed by atoms with E-state index >= 15 is 0 Å². The Morgan fingerprint density at radius 1 is 1.14 bits per heavy atom. The molecule has 0 bridgehead atoms. The molecule has 1 fully saturated rings. The van der Waals surface area contributed by atoms with E-state index in [1.807, 2.05) is 12.1 Å². The molecule has 0 aromatic heterocycles. The highest BCUT2D eigenvalue weighted by Crippen LogP contribution is 2.42. The molecule has 3 rings (SSSR count). The van der Waals surface area contributed by atoms with Gasteiger partial charge in [-0.25, -0.2) is 0 Å². The van der Waals surface area contributed by atoms with Gasteiger partial charge in [0.1, 0.15) is 0 Å². The summed E-state index contributed by atoms with van der Waals surface area (Å²) in [5, 5.41) is 10.1. The first-order valence-corrected chi connectivity index (χ1v) is 7.94. The number of amides is 2. The zero-order chi connectivity index (χ0) is 15.7. The largest absolute Gasteiger partial charge is 0.503 e. The summed E-state index contributed by atoms with van der Waals surface area (Å²) in [7, 11) is 0. The van der Waals surface area contributed by atoms with Crippen molar-refractivity contribution in [2.75, 3.05) is 6.54 Å². The van der Waals surface area contributed by atoms with E-state index in [0.29, 0.717) is 5.02 Å². The average Bonchev–Trinajstić information content (AvgIpc) is 2.87. The quantitative estimate of drug-likeness (QED) is 0.850. The lowest BCUT2D eigenvalue weighted by Gasteiger charge is -2.38. The van der Waals surface area contributed by atoms with Crippen molar-refractivity contribution < 1.29 is 14.7 Å². The molecule has 0 radical (unpaired) electrons. The van der Waals surface area contributed by atoms with Gasteiger partial charge < -0.3 is 5.11 Å². The van der Waals surface area contributed by atoms with Crippen molar-refractivity contribution in [1.29, 1.82) is 0 Å². The highest BCUT2D eigenvalue weighted by atomic mass is 35.5. The predicted molar refractivity (Wildman–Crippen MR) is 83.6 cm³/mol. The smallest absolute Gasteiger partial charge is 0.295 e. The van der Waals surface area contributed by atoms with Crippen LogP contribution in [0.15, 0.2) is 36.1 Å². The Morgan fingerprint density at radius 3 is 2.32 bits per heavy atom. The Morgan fingerprint density at radius 2 is 1.77 bits per heavy atom. The van der Waals surface area contributed by atoms with Crippen LogP contribution < -0.4 is 0 Å². The van der Waals surface area contributed by atoms with Crippen molar-refractivity contribution in [2.24, 2.45) is 0 Å². The molecule has 1 saturated carbocycles. The molecular formula is C17H18ClNO3. The number of benzene rings is 1. The predicted octanol–water partition coefficient (Wildman–Crippen LogP) is 3.35. The zero-order valence-electron chi connectivity index (χ0n) is 12.2. The van der Waals surface area contributed by atoms with Crippen LogP contribution in [0.5, 0.6) is 0 Å². The summed E-state index contributed by atoms with van der Waals surface area (Å²) in [4.78, 5) is 26.2. The summed E-state index contributed by atoms with van der Waals surface area (Å²) < 4.78 is 0. The molecule has 22 heavy (non-hydrogen) atoms. The Kier molecular flexibility index (Phi) is 3.96. The van der Waals surface area contributed by atoms with Crippen LogP contribution in [0.3, 0.4) is 0 Å². The normalized spacial score (nSPS) is 20.9. The third-order valence-electron chi connectivity index (χ3n) is 4.69. The third kappa shape index (κ3) is 2.41. The number of aliphatic hydroxyl groups excluding tert-OH is 1. The first-order valence-electron chi connectivity index (χ1n) is 7.56. The average molecular weight is 320 g/mol. The van der Waals surface area contributed by atoms with Crippen LogP contribution in [0.4, 0.5) is 0 Å². The van der Waals surface area contributed by atoms with E-state index in [1.54, 1.807) is 12.1 Å². The van der Waals surface area contributed by atoms with Gasteiger partial charge in [0, 0.05) is 5.02 Å². The van der Waals surface area contributed by atoms with Crippen molar-refractivity contribution in [2.45, 2.75) is 37.5 Å². The van der Waals surface area contributed by atoms with Gasteiger partial charge in [0.05, 0.1) is 12.0 Å². The summed E-state index contributed by atoms with van der Waals surface area (Å²) in [5.41, 5.74) is 0.220. The number of imide groups is 1. The SMILES string of the molecule is O=C1C(O)=CCN1C(=O)C1(c2ccc(Cl)cc2)CCCCC1. The van der Waals surface area contributed by atoms with Gasteiger partial charge >= 0.3 is 0 Å². The van der Waals surface area contributed by atoms with Gasteiger partial charge in [-0.15, -0.1) is 0 Å². The van der Waals surface area contributed by atoms with Crippen molar-refractivity contribution in [1.82, 2.24) is 4.90 Å². The molecule has 1 N–H and O–H groups in total. The van der Waals surface area contributed by atoms with Gasteiger partial charge in [0.25, 0.3) is 5.91 Å². The van der Waals surface area contributed by atoms with Crippen molar-refractivity contribution in [3.05, 3.63) is 46.7 Å². The topological polar surface area (TPSA) is 57.6 Å². The minimum Gasteiger partial charge on any atom is -0.503 e. The Hall–Kier alpha value is -1.81. The van der Waals surface area contributed by atoms with E-state index in [1.165, 1.54) is 6.08 Å². The van der Waals surface area contributed by atoms with E-state index in [4.69, 9.17) is 11.6 Å². The third-order valence-corrected chi connectivity index (χ3v) is 4.94. The molecule has 1 heterocycles. The highest BCUT2D eigenvalue weighted by molar-refractivity contribution is 6.30. The van der Waals surface area contributed by atoms with Crippen LogP contribution in [0.1, 0.15) is 37.7 Å². The van der Waals surface area contributed by atoms with Gasteiger partial charge in [-0.3, -0.25) is 14.5 Å². The zero-order valence-corrected chi connectivity index (χ0v) is 13.0. The fourth-order valence-electron chi connectivity index (χ4n) is 3.47. The summed E-state index contributed by atoms with van der Waals surface area (Å²) in [5.74, 6) is -1.14. The number of rotatable bonds is 2. The van der Waals surface area contributed by atoms with E-state index in [2.05, 4.69) is 0 Å². The Labute approximate surface area is 134 Å². The van der Waals surface area contributed by atoms with Crippen LogP contribution in [-0.4, -0.2) is 28.4 Å². The molecule has 0 spiro atoms. The molecule has 1 aliphatic carbocycles. The maximum atomic E-state index is 13.1. The van der Waals surface area contributed by atoms with Crippen molar-refractivity contribution >= 4 is 23.4 Å². The monoisotopic (exact) mass is 319 g/mol. The second-order valence-electron chi connectivity index (χ2n) is 5.96. The molecule has 0 unspecified atom stereocenters. The number of carbonyl (C=O) groups excluding carboxylic acids is 2. The maximum Gasteiger partial charge on any atom is 0.295 e. The Balaban J connectivity index is 1.97. The first-order chi connectivity index (χ1) is 10.5. The van der Waals surface area contributed by atoms with Gasteiger partial charge in [0.15, 0.2) is 5.76 Å². The lowest BCUT2D eigenvalue weighted by Crippen LogP contribution is -2.49. The van der Waals surface area contributed by atoms with Crippen LogP contribution in [0.2, 0.25) is 5.02 Å². The number of nitrogens with zero attached hydrogens (tertiary/aromatic N) is 1. The molecule has 2 aliphatic rings. The number of hydrogen-bond donors (Lipinski definition) is 1. The second-order valence-corrected chi connectivity index (χ2v) is 6.40. The molecule has 5 heteroatoms. The van der Waals surface area contributed by atoms with Crippen LogP contribution in [-0.2, 0) is 15.0 Å². The standard InChI is InChI=1S/C17H18ClNO3/c18-13-6-4-12(5-7-13)17(9-2-1-3-10-17)16(22)19-11-8-14(20)15(19)21/h4-8,20H,1-3,9-11H2. The number of carbonyl (C=O) groups is 2. The van der Waals surface area contributed by atoms with E-state index < -0.39 is 11.3 Å². The fourth-order valence-corrected chi connectivity index (χ4v) is 3.60. The van der Waals surface area contributed by atoms with Gasteiger partial charge in [-0.05, 0) is 36.6 Å². The van der Waals surface area contributed by atoms with Crippen LogP contribution in [0.25, 0.3) is 0 Å². The van der Waals surface area contributed by atoms with Crippen LogP contribution in [0, 0.1) is 0 Å². The maximum absolute atomic E-state index is 13.1. The summed E-state index contributed by atoms with van der Waals surface area (Å²) in [6.07, 6.45) is 5.83. The van der Waals surface area contributed by atoms with Crippen molar-refractivity contribution in [3.63, 3.8) is 0 Å². The van der Waals surface area contributed by atoms with E-state index in [-0.39, 0.29) is 18.2 Å².